The van der Waals surface area contributed by atoms with Crippen LogP contribution in [0.5, 0.6) is 23.1 Å². The van der Waals surface area contributed by atoms with Gasteiger partial charge in [0, 0.05) is 54.5 Å². The number of fused-ring (bicyclic) bond motifs is 1. The molecule has 1 amide bonds. The Kier molecular flexibility index (Phi) is 10.9. The average molecular weight is 699 g/mol. The number of halogens is 2. The van der Waals surface area contributed by atoms with Crippen molar-refractivity contribution in [2.45, 2.75) is 38.5 Å². The average Bonchev–Trinajstić information content (AvgIpc) is 3.15. The minimum Gasteiger partial charge on any atom is -0.493 e. The van der Waals surface area contributed by atoms with Crippen LogP contribution in [0.25, 0.3) is 22.0 Å². The van der Waals surface area contributed by atoms with Crippen LogP contribution in [0.1, 0.15) is 24.0 Å². The number of amides is 1. The Morgan fingerprint density at radius 2 is 1.88 bits per heavy atom. The number of anilines is 2. The summed E-state index contributed by atoms with van der Waals surface area (Å²) in [5.74, 6) is 2.37. The van der Waals surface area contributed by atoms with E-state index in [1.807, 2.05) is 60.4 Å². The summed E-state index contributed by atoms with van der Waals surface area (Å²) in [5.41, 5.74) is 3.59. The molecule has 1 saturated heterocycles. The number of hydrogen-bond donors (Lipinski definition) is 2. The predicted octanol–water partition coefficient (Wildman–Crippen LogP) is 7.68. The van der Waals surface area contributed by atoms with Crippen molar-refractivity contribution in [1.29, 1.82) is 0 Å². The van der Waals surface area contributed by atoms with Crippen molar-refractivity contribution in [3.63, 3.8) is 0 Å². The zero-order chi connectivity index (χ0) is 35.9. The molecule has 266 valence electrons. The molecule has 0 spiro atoms. The third kappa shape index (κ3) is 8.03. The highest BCUT2D eigenvalue weighted by molar-refractivity contribution is 5.99. The fraction of sp³-hybridized carbons (Fsp3) is 0.316. The highest BCUT2D eigenvalue weighted by Gasteiger charge is 2.24. The molecule has 1 aliphatic rings. The van der Waals surface area contributed by atoms with E-state index in [-0.39, 0.29) is 19.1 Å². The van der Waals surface area contributed by atoms with E-state index in [4.69, 9.17) is 19.2 Å². The van der Waals surface area contributed by atoms with Gasteiger partial charge < -0.3 is 34.4 Å². The number of ether oxygens (including phenoxy) is 3. The number of pyridine rings is 1. The normalized spacial score (nSPS) is 14.9. The van der Waals surface area contributed by atoms with Crippen molar-refractivity contribution >= 4 is 28.5 Å². The van der Waals surface area contributed by atoms with E-state index >= 15 is 0 Å². The van der Waals surface area contributed by atoms with Crippen molar-refractivity contribution in [1.82, 2.24) is 19.9 Å². The largest absolute Gasteiger partial charge is 0.493 e. The van der Waals surface area contributed by atoms with Gasteiger partial charge in [0.15, 0.2) is 11.5 Å². The van der Waals surface area contributed by atoms with Crippen LogP contribution in [-0.4, -0.2) is 83.8 Å². The van der Waals surface area contributed by atoms with Crippen LogP contribution in [0, 0.1) is 6.92 Å². The number of aromatic nitrogens is 3. The number of nitrogens with one attached hydrogen (secondary N) is 1. The Hall–Kier alpha value is -5.72. The van der Waals surface area contributed by atoms with Crippen LogP contribution < -0.4 is 24.4 Å². The maximum absolute atomic E-state index is 14.7. The van der Waals surface area contributed by atoms with Crippen molar-refractivity contribution < 1.29 is 32.9 Å². The fourth-order valence-electron chi connectivity index (χ4n) is 6.36. The number of aryl methyl sites for hydroxylation is 1. The number of likely N-dealkylation sites (tertiary alicyclic amines) is 1. The quantitative estimate of drug-likeness (QED) is 0.127. The first-order valence-electron chi connectivity index (χ1n) is 16.7. The third-order valence-electron chi connectivity index (χ3n) is 8.86. The summed E-state index contributed by atoms with van der Waals surface area (Å²) in [6, 6.07) is 20.3. The molecule has 5 aromatic rings. The molecule has 0 aliphatic carbocycles. The SMILES string of the molecule is COc1ccc(CN(CC(F)CF)c2cccc3c(Oc4ncccc4-c4ccnc(N[C@H]5CCCN(C(=O)O)C5)n4)c(C)ccc23)cc1OC. The molecule has 2 N–H and O–H groups in total. The summed E-state index contributed by atoms with van der Waals surface area (Å²) in [6.07, 6.45) is 2.18. The lowest BCUT2D eigenvalue weighted by molar-refractivity contribution is 0.132. The maximum atomic E-state index is 14.7. The molecule has 0 radical (unpaired) electrons. The molecule has 11 nitrogen and oxygen atoms in total. The van der Waals surface area contributed by atoms with Crippen LogP contribution in [0.15, 0.2) is 79.1 Å². The van der Waals surface area contributed by atoms with Crippen LogP contribution in [0.2, 0.25) is 0 Å². The molecule has 1 aliphatic heterocycles. The van der Waals surface area contributed by atoms with Gasteiger partial charge in [-0.25, -0.2) is 28.5 Å². The van der Waals surface area contributed by atoms with Crippen molar-refractivity contribution in [3.05, 3.63) is 90.3 Å². The number of hydrogen-bond acceptors (Lipinski definition) is 9. The lowest BCUT2D eigenvalue weighted by Gasteiger charge is -2.31. The Balaban J connectivity index is 1.32. The highest BCUT2D eigenvalue weighted by Crippen LogP contribution is 2.40. The standard InChI is InChI=1S/C38H40F2N6O5/c1-24-11-13-28-29(8-4-10-32(28)46(22-26(40)20-39)21-25-12-14-33(49-2)34(19-25)50-3)35(24)51-36-30(9-5-16-41-36)31-15-17-42-37(44-31)43-27-7-6-18-45(23-27)38(47)48/h4-5,8-17,19,26-27H,6-7,18,20-23H2,1-3H3,(H,47,48)(H,42,43,44)/t26?,27-/m0/s1. The topological polar surface area (TPSA) is 122 Å². The molecular formula is C38H40F2N6O5. The van der Waals surface area contributed by atoms with E-state index in [0.29, 0.717) is 59.1 Å². The zero-order valence-electron chi connectivity index (χ0n) is 28.7. The minimum atomic E-state index is -1.70. The second-order valence-electron chi connectivity index (χ2n) is 12.3. The van der Waals surface area contributed by atoms with Gasteiger partial charge in [-0.2, -0.15) is 0 Å². The Bertz CT molecular complexity index is 2000. The number of carbonyl (C=O) groups is 1. The number of rotatable bonds is 13. The van der Waals surface area contributed by atoms with Gasteiger partial charge in [-0.15, -0.1) is 0 Å². The number of nitrogens with zero attached hydrogens (tertiary/aromatic N) is 5. The molecule has 3 aromatic carbocycles. The first-order valence-corrected chi connectivity index (χ1v) is 16.7. The maximum Gasteiger partial charge on any atom is 0.407 e. The molecular weight excluding hydrogens is 658 g/mol. The zero-order valence-corrected chi connectivity index (χ0v) is 28.7. The minimum absolute atomic E-state index is 0.119. The lowest BCUT2D eigenvalue weighted by Crippen LogP contribution is -2.44. The molecule has 6 rings (SSSR count). The fourth-order valence-corrected chi connectivity index (χ4v) is 6.36. The van der Waals surface area contributed by atoms with E-state index in [0.717, 1.165) is 34.7 Å². The number of carboxylic acid groups (broad SMARTS) is 1. The first kappa shape index (κ1) is 35.1. The lowest BCUT2D eigenvalue weighted by atomic mass is 10.0. The summed E-state index contributed by atoms with van der Waals surface area (Å²) in [7, 11) is 3.11. The smallest absolute Gasteiger partial charge is 0.407 e. The Morgan fingerprint density at radius 3 is 2.67 bits per heavy atom. The van der Waals surface area contributed by atoms with Gasteiger partial charge in [-0.05, 0) is 67.3 Å². The van der Waals surface area contributed by atoms with Gasteiger partial charge in [0.25, 0.3) is 0 Å². The van der Waals surface area contributed by atoms with Crippen LogP contribution in [0.3, 0.4) is 0 Å². The van der Waals surface area contributed by atoms with E-state index in [1.165, 1.54) is 4.90 Å². The number of benzene rings is 3. The van der Waals surface area contributed by atoms with E-state index < -0.39 is 18.9 Å². The molecule has 2 aromatic heterocycles. The molecule has 51 heavy (non-hydrogen) atoms. The number of piperidine rings is 1. The van der Waals surface area contributed by atoms with E-state index in [2.05, 4.69) is 15.3 Å². The van der Waals surface area contributed by atoms with Gasteiger partial charge >= 0.3 is 6.09 Å². The Morgan fingerprint density at radius 1 is 1.04 bits per heavy atom. The molecule has 1 unspecified atom stereocenters. The predicted molar refractivity (Wildman–Crippen MR) is 192 cm³/mol. The molecule has 2 atom stereocenters. The molecule has 0 saturated carbocycles. The van der Waals surface area contributed by atoms with Gasteiger partial charge in [-0.3, -0.25) is 0 Å². The van der Waals surface area contributed by atoms with E-state index in [1.54, 1.807) is 44.8 Å². The molecule has 1 fully saturated rings. The van der Waals surface area contributed by atoms with Crippen LogP contribution in [-0.2, 0) is 6.54 Å². The molecule has 3 heterocycles. The summed E-state index contributed by atoms with van der Waals surface area (Å²) in [6.45, 7) is 1.79. The Labute approximate surface area is 294 Å². The second-order valence-corrected chi connectivity index (χ2v) is 12.3. The highest BCUT2D eigenvalue weighted by atomic mass is 19.2. The summed E-state index contributed by atoms with van der Waals surface area (Å²) in [4.78, 5) is 28.4. The van der Waals surface area contributed by atoms with Crippen molar-refractivity contribution in [2.75, 3.05) is 50.7 Å². The van der Waals surface area contributed by atoms with Crippen LogP contribution in [0.4, 0.5) is 25.2 Å². The van der Waals surface area contributed by atoms with Crippen molar-refractivity contribution in [2.24, 2.45) is 0 Å². The van der Waals surface area contributed by atoms with Gasteiger partial charge in [0.1, 0.15) is 18.6 Å². The van der Waals surface area contributed by atoms with Crippen LogP contribution >= 0.6 is 0 Å². The summed E-state index contributed by atoms with van der Waals surface area (Å²) in [5, 5.41) is 14.3. The molecule has 0 bridgehead atoms. The monoisotopic (exact) mass is 698 g/mol. The molecule has 13 heteroatoms. The van der Waals surface area contributed by atoms with Gasteiger partial charge in [0.2, 0.25) is 11.8 Å². The van der Waals surface area contributed by atoms with Gasteiger partial charge in [0.05, 0.1) is 32.0 Å². The van der Waals surface area contributed by atoms with Crippen molar-refractivity contribution in [3.8, 4) is 34.4 Å². The number of alkyl halides is 2. The summed E-state index contributed by atoms with van der Waals surface area (Å²) >= 11 is 0. The number of methoxy groups -OCH3 is 2. The van der Waals surface area contributed by atoms with Gasteiger partial charge in [-0.1, -0.05) is 30.3 Å². The summed E-state index contributed by atoms with van der Waals surface area (Å²) < 4.78 is 45.8. The first-order chi connectivity index (χ1) is 24.8. The third-order valence-corrected chi connectivity index (χ3v) is 8.86. The second kappa shape index (κ2) is 15.9. The van der Waals surface area contributed by atoms with E-state index in [9.17, 15) is 18.7 Å².